The van der Waals surface area contributed by atoms with Crippen LogP contribution in [0.4, 0.5) is 0 Å². The number of aliphatic imine (C=N–C) groups is 1. The third kappa shape index (κ3) is 1.37. The largest absolute Gasteiger partial charge is 0.402 e. The van der Waals surface area contributed by atoms with Gasteiger partial charge < -0.3 is 10.1 Å². The van der Waals surface area contributed by atoms with Crippen LogP contribution in [0.2, 0.25) is 0 Å². The SMILES string of the molecule is O=C1OC(c2ccccc2)=N/C1=C\NC1=CC2CC3CC4CC1C234. The van der Waals surface area contributed by atoms with Crippen LogP contribution in [-0.4, -0.2) is 11.9 Å². The molecule has 1 N–H and O–H groups in total. The Kier molecular flexibility index (Phi) is 2.26. The number of nitrogens with one attached hydrogen (secondary N) is 1. The Balaban J connectivity index is 1.23. The lowest BCUT2D eigenvalue weighted by atomic mass is 9.28. The smallest absolute Gasteiger partial charge is 0.365 e. The molecule has 0 bridgehead atoms. The van der Waals surface area contributed by atoms with Gasteiger partial charge in [-0.2, -0.15) is 0 Å². The van der Waals surface area contributed by atoms with Crippen molar-refractivity contribution in [2.75, 3.05) is 0 Å². The number of cyclic esters (lactones) is 1. The van der Waals surface area contributed by atoms with Gasteiger partial charge in [0.25, 0.3) is 0 Å². The van der Waals surface area contributed by atoms with Crippen molar-refractivity contribution in [3.63, 3.8) is 0 Å². The molecule has 4 nitrogen and oxygen atoms in total. The topological polar surface area (TPSA) is 50.7 Å². The van der Waals surface area contributed by atoms with E-state index in [1.807, 2.05) is 30.3 Å². The Labute approximate surface area is 140 Å². The molecule has 1 aromatic rings. The average Bonchev–Trinajstić information content (AvgIpc) is 3.08. The second kappa shape index (κ2) is 4.18. The van der Waals surface area contributed by atoms with Crippen molar-refractivity contribution in [1.29, 1.82) is 0 Å². The van der Waals surface area contributed by atoms with Crippen LogP contribution in [0.3, 0.4) is 0 Å². The van der Waals surface area contributed by atoms with Gasteiger partial charge in [-0.05, 0) is 54.6 Å². The zero-order chi connectivity index (χ0) is 15.9. The fourth-order valence-electron chi connectivity index (χ4n) is 5.99. The van der Waals surface area contributed by atoms with Crippen LogP contribution in [0.25, 0.3) is 0 Å². The monoisotopic (exact) mass is 318 g/mol. The van der Waals surface area contributed by atoms with E-state index in [0.29, 0.717) is 22.9 Å². The van der Waals surface area contributed by atoms with E-state index in [0.717, 1.165) is 23.3 Å². The van der Waals surface area contributed by atoms with E-state index in [-0.39, 0.29) is 5.97 Å². The molecule has 5 aliphatic rings. The van der Waals surface area contributed by atoms with E-state index < -0.39 is 0 Å². The summed E-state index contributed by atoms with van der Waals surface area (Å²) in [6.07, 6.45) is 8.28. The minimum Gasteiger partial charge on any atom is -0.402 e. The first-order valence-corrected chi connectivity index (χ1v) is 8.81. The molecule has 5 atom stereocenters. The fourth-order valence-corrected chi connectivity index (χ4v) is 5.99. The maximum absolute atomic E-state index is 12.1. The number of benzene rings is 1. The van der Waals surface area contributed by atoms with Gasteiger partial charge in [-0.1, -0.05) is 24.3 Å². The molecule has 6 rings (SSSR count). The van der Waals surface area contributed by atoms with Crippen LogP contribution < -0.4 is 5.32 Å². The highest BCUT2D eigenvalue weighted by molar-refractivity contribution is 6.11. The summed E-state index contributed by atoms with van der Waals surface area (Å²) in [7, 11) is 0. The van der Waals surface area contributed by atoms with Gasteiger partial charge in [-0.25, -0.2) is 9.79 Å². The van der Waals surface area contributed by atoms with Crippen molar-refractivity contribution in [2.45, 2.75) is 19.3 Å². The van der Waals surface area contributed by atoms with Gasteiger partial charge in [0.05, 0.1) is 0 Å². The Morgan fingerprint density at radius 3 is 2.75 bits per heavy atom. The Morgan fingerprint density at radius 2 is 2.00 bits per heavy atom. The fraction of sp³-hybridized carbons (Fsp3) is 0.400. The molecule has 1 spiro atoms. The summed E-state index contributed by atoms with van der Waals surface area (Å²) in [4.78, 5) is 16.4. The van der Waals surface area contributed by atoms with Crippen molar-refractivity contribution in [1.82, 2.24) is 5.32 Å². The number of carbonyl (C=O) groups excluding carboxylic acids is 1. The molecule has 5 unspecified atom stereocenters. The highest BCUT2D eigenvalue weighted by Crippen LogP contribution is 2.83. The molecule has 3 fully saturated rings. The molecule has 1 aromatic carbocycles. The van der Waals surface area contributed by atoms with Crippen molar-refractivity contribution in [2.24, 2.45) is 34.1 Å². The molecule has 4 heteroatoms. The number of esters is 1. The number of allylic oxidation sites excluding steroid dienone is 2. The summed E-state index contributed by atoms with van der Waals surface area (Å²) < 4.78 is 5.30. The number of hydrogen-bond acceptors (Lipinski definition) is 4. The number of rotatable bonds is 3. The van der Waals surface area contributed by atoms with E-state index in [4.69, 9.17) is 4.74 Å². The minimum absolute atomic E-state index is 0.354. The predicted molar refractivity (Wildman–Crippen MR) is 88.6 cm³/mol. The first-order chi connectivity index (χ1) is 11.8. The first kappa shape index (κ1) is 13.0. The van der Waals surface area contributed by atoms with Gasteiger partial charge in [-0.3, -0.25) is 0 Å². The van der Waals surface area contributed by atoms with Crippen LogP contribution in [0.15, 0.2) is 59.0 Å². The molecule has 3 saturated carbocycles. The normalized spacial score (nSPS) is 42.0. The summed E-state index contributed by atoms with van der Waals surface area (Å²) in [6, 6.07) is 9.53. The van der Waals surface area contributed by atoms with Gasteiger partial charge in [-0.15, -0.1) is 0 Å². The zero-order valence-corrected chi connectivity index (χ0v) is 13.2. The van der Waals surface area contributed by atoms with Crippen molar-refractivity contribution in [3.05, 3.63) is 59.6 Å². The van der Waals surface area contributed by atoms with Crippen molar-refractivity contribution < 1.29 is 9.53 Å². The summed E-state index contributed by atoms with van der Waals surface area (Å²) in [5, 5.41) is 3.39. The lowest BCUT2D eigenvalue weighted by Gasteiger charge is -2.76. The van der Waals surface area contributed by atoms with Crippen LogP contribution in [-0.2, 0) is 9.53 Å². The second-order valence-corrected chi connectivity index (χ2v) is 7.73. The number of ether oxygens (including phenoxy) is 1. The molecule has 0 saturated heterocycles. The number of carbonyl (C=O) groups is 1. The van der Waals surface area contributed by atoms with E-state index in [9.17, 15) is 4.79 Å². The maximum Gasteiger partial charge on any atom is 0.365 e. The van der Waals surface area contributed by atoms with Crippen molar-refractivity contribution >= 4 is 11.9 Å². The van der Waals surface area contributed by atoms with Crippen molar-refractivity contribution in [3.8, 4) is 0 Å². The zero-order valence-electron chi connectivity index (χ0n) is 13.2. The molecular formula is C20H18N2O2. The van der Waals surface area contributed by atoms with Crippen LogP contribution in [0.5, 0.6) is 0 Å². The van der Waals surface area contributed by atoms with E-state index >= 15 is 0 Å². The Hall–Kier alpha value is -2.36. The van der Waals surface area contributed by atoms with Gasteiger partial charge in [0, 0.05) is 23.4 Å². The standard InChI is InChI=1S/C20H18N2O2/c23-19-17(22-18(24-19)11-4-2-1-3-5-11)10-21-16-9-14-7-12-6-13-8-15(16)20(12,13)14/h1-5,9-10,12-15,21H,6-8H2/b17-10-. The third-order valence-electron chi connectivity index (χ3n) is 7.06. The molecule has 0 amide bonds. The van der Waals surface area contributed by atoms with Crippen LogP contribution >= 0.6 is 0 Å². The molecule has 4 aliphatic carbocycles. The third-order valence-corrected chi connectivity index (χ3v) is 7.06. The van der Waals surface area contributed by atoms with Crippen LogP contribution in [0, 0.1) is 29.1 Å². The van der Waals surface area contributed by atoms with Gasteiger partial charge in [0.2, 0.25) is 5.90 Å². The molecule has 120 valence electrons. The van der Waals surface area contributed by atoms with Gasteiger partial charge in [0.15, 0.2) is 5.70 Å². The van der Waals surface area contributed by atoms with Crippen LogP contribution in [0.1, 0.15) is 24.8 Å². The highest BCUT2D eigenvalue weighted by atomic mass is 16.6. The average molecular weight is 318 g/mol. The molecule has 0 aromatic heterocycles. The second-order valence-electron chi connectivity index (χ2n) is 7.73. The van der Waals surface area contributed by atoms with E-state index in [2.05, 4.69) is 16.4 Å². The summed E-state index contributed by atoms with van der Waals surface area (Å²) in [5.41, 5.74) is 3.11. The van der Waals surface area contributed by atoms with Gasteiger partial charge in [0.1, 0.15) is 0 Å². The summed E-state index contributed by atoms with van der Waals surface area (Å²) in [6.45, 7) is 0. The number of hydrogen-bond donors (Lipinski definition) is 1. The summed E-state index contributed by atoms with van der Waals surface area (Å²) >= 11 is 0. The van der Waals surface area contributed by atoms with E-state index in [1.54, 1.807) is 6.20 Å². The lowest BCUT2D eigenvalue weighted by Crippen LogP contribution is -2.70. The molecule has 0 radical (unpaired) electrons. The predicted octanol–water partition coefficient (Wildman–Crippen LogP) is 2.98. The molecule has 1 aliphatic heterocycles. The minimum atomic E-state index is -0.380. The maximum atomic E-state index is 12.1. The lowest BCUT2D eigenvalue weighted by molar-refractivity contribution is -0.270. The number of nitrogens with zero attached hydrogens (tertiary/aromatic N) is 1. The molecule has 24 heavy (non-hydrogen) atoms. The Bertz CT molecular complexity index is 848. The quantitative estimate of drug-likeness (QED) is 0.688. The van der Waals surface area contributed by atoms with E-state index in [1.165, 1.54) is 25.0 Å². The summed E-state index contributed by atoms with van der Waals surface area (Å²) in [5.74, 6) is 3.40. The molecule has 1 heterocycles. The molecular weight excluding hydrogens is 300 g/mol. The highest BCUT2D eigenvalue weighted by Gasteiger charge is 2.77. The van der Waals surface area contributed by atoms with Gasteiger partial charge >= 0.3 is 5.97 Å². The Morgan fingerprint density at radius 1 is 1.17 bits per heavy atom. The first-order valence-electron chi connectivity index (χ1n) is 8.81.